The number of hydrogen-bond acceptors (Lipinski definition) is 5. The molecule has 0 bridgehead atoms. The molecule has 7 nitrogen and oxygen atoms in total. The molecule has 1 amide bonds. The van der Waals surface area contributed by atoms with Gasteiger partial charge in [-0.1, -0.05) is 6.07 Å². The molecule has 0 saturated carbocycles. The zero-order chi connectivity index (χ0) is 17.3. The summed E-state index contributed by atoms with van der Waals surface area (Å²) in [6.07, 6.45) is 0. The first kappa shape index (κ1) is 16.7. The first-order valence-electron chi connectivity index (χ1n) is 7.86. The first-order chi connectivity index (χ1) is 11.5. The Morgan fingerprint density at radius 3 is 2.75 bits per heavy atom. The molecule has 2 aliphatic rings. The van der Waals surface area contributed by atoms with E-state index in [0.717, 1.165) is 5.56 Å². The summed E-state index contributed by atoms with van der Waals surface area (Å²) in [6.45, 7) is 3.70. The number of carbonyl (C=O) groups is 2. The molecule has 1 N–H and O–H groups in total. The number of aromatic carboxylic acids is 1. The highest BCUT2D eigenvalue weighted by Gasteiger charge is 2.49. The molecule has 1 unspecified atom stereocenters. The molecule has 1 atom stereocenters. The molecule has 0 aromatic heterocycles. The highest BCUT2D eigenvalue weighted by molar-refractivity contribution is 5.88. The van der Waals surface area contributed by atoms with Gasteiger partial charge < -0.3 is 24.2 Å². The Labute approximate surface area is 140 Å². The molecule has 7 heteroatoms. The maximum atomic E-state index is 13.1. The van der Waals surface area contributed by atoms with E-state index in [9.17, 15) is 9.59 Å². The molecule has 130 valence electrons. The van der Waals surface area contributed by atoms with Gasteiger partial charge in [-0.05, 0) is 19.1 Å². The standard InChI is InChI=1S/C17H21NO6/c1-11-13-4-3-12(15(19)20)7-14(13)24-6-5-18(11)16(21)17(8-22-2)9-23-10-17/h3-4,7,11H,5-6,8-10H2,1-2H3,(H,19,20). The lowest BCUT2D eigenvalue weighted by Crippen LogP contribution is -2.58. The number of carboxylic acid groups (broad SMARTS) is 1. The highest BCUT2D eigenvalue weighted by atomic mass is 16.5. The largest absolute Gasteiger partial charge is 0.491 e. The van der Waals surface area contributed by atoms with Gasteiger partial charge in [0.05, 0.1) is 38.0 Å². The van der Waals surface area contributed by atoms with E-state index < -0.39 is 11.4 Å². The smallest absolute Gasteiger partial charge is 0.335 e. The van der Waals surface area contributed by atoms with E-state index in [2.05, 4.69) is 0 Å². The summed E-state index contributed by atoms with van der Waals surface area (Å²) < 4.78 is 16.2. The zero-order valence-electron chi connectivity index (χ0n) is 13.8. The Hall–Kier alpha value is -2.12. The van der Waals surface area contributed by atoms with Crippen LogP contribution in [0.1, 0.15) is 28.9 Å². The molecule has 0 spiro atoms. The second kappa shape index (κ2) is 6.41. The van der Waals surface area contributed by atoms with E-state index in [1.54, 1.807) is 18.1 Å². The van der Waals surface area contributed by atoms with Crippen molar-refractivity contribution in [1.82, 2.24) is 4.90 Å². The van der Waals surface area contributed by atoms with E-state index in [1.807, 2.05) is 6.92 Å². The van der Waals surface area contributed by atoms with Crippen LogP contribution in [0, 0.1) is 5.41 Å². The minimum absolute atomic E-state index is 0.0122. The maximum Gasteiger partial charge on any atom is 0.335 e. The number of amides is 1. The summed E-state index contributed by atoms with van der Waals surface area (Å²) in [6, 6.07) is 4.55. The fourth-order valence-electron chi connectivity index (χ4n) is 3.23. The normalized spacial score (nSPS) is 21.9. The van der Waals surface area contributed by atoms with Crippen molar-refractivity contribution in [3.05, 3.63) is 29.3 Å². The van der Waals surface area contributed by atoms with Gasteiger partial charge >= 0.3 is 5.97 Å². The average molecular weight is 335 g/mol. The van der Waals surface area contributed by atoms with Crippen LogP contribution in [0.5, 0.6) is 5.75 Å². The van der Waals surface area contributed by atoms with E-state index in [-0.39, 0.29) is 17.5 Å². The van der Waals surface area contributed by atoms with Gasteiger partial charge in [-0.25, -0.2) is 4.79 Å². The van der Waals surface area contributed by atoms with E-state index >= 15 is 0 Å². The monoisotopic (exact) mass is 335 g/mol. The van der Waals surface area contributed by atoms with Gasteiger partial charge in [0.15, 0.2) is 0 Å². The van der Waals surface area contributed by atoms with Crippen LogP contribution in [0.3, 0.4) is 0 Å². The summed E-state index contributed by atoms with van der Waals surface area (Å²) in [5.41, 5.74) is 0.344. The molecule has 1 saturated heterocycles. The van der Waals surface area contributed by atoms with E-state index in [0.29, 0.717) is 38.7 Å². The van der Waals surface area contributed by atoms with Crippen molar-refractivity contribution < 1.29 is 28.9 Å². The molecule has 1 aromatic rings. The van der Waals surface area contributed by atoms with Crippen LogP contribution >= 0.6 is 0 Å². The van der Waals surface area contributed by atoms with Gasteiger partial charge in [-0.2, -0.15) is 0 Å². The summed E-state index contributed by atoms with van der Waals surface area (Å²) >= 11 is 0. The number of fused-ring (bicyclic) bond motifs is 1. The molecule has 24 heavy (non-hydrogen) atoms. The van der Waals surface area contributed by atoms with Crippen LogP contribution in [0.25, 0.3) is 0 Å². The first-order valence-corrected chi connectivity index (χ1v) is 7.86. The van der Waals surface area contributed by atoms with Crippen molar-refractivity contribution in [2.75, 3.05) is 40.1 Å². The molecule has 1 aromatic carbocycles. The number of hydrogen-bond donors (Lipinski definition) is 1. The van der Waals surface area contributed by atoms with Crippen LogP contribution in [0.2, 0.25) is 0 Å². The number of nitrogens with zero attached hydrogens (tertiary/aromatic N) is 1. The van der Waals surface area contributed by atoms with Crippen molar-refractivity contribution >= 4 is 11.9 Å². The SMILES string of the molecule is COCC1(C(=O)N2CCOc3cc(C(=O)O)ccc3C2C)COC1. The summed E-state index contributed by atoms with van der Waals surface area (Å²) in [7, 11) is 1.57. The molecule has 2 heterocycles. The minimum Gasteiger partial charge on any atom is -0.491 e. The summed E-state index contributed by atoms with van der Waals surface area (Å²) in [4.78, 5) is 26.0. The molecule has 0 radical (unpaired) electrons. The Kier molecular flexibility index (Phi) is 4.47. The second-order valence-electron chi connectivity index (χ2n) is 6.29. The predicted molar refractivity (Wildman–Crippen MR) is 84.2 cm³/mol. The van der Waals surface area contributed by atoms with Crippen molar-refractivity contribution in [3.8, 4) is 5.75 Å². The molecular formula is C17H21NO6. The van der Waals surface area contributed by atoms with Crippen LogP contribution in [-0.2, 0) is 14.3 Å². The van der Waals surface area contributed by atoms with Gasteiger partial charge in [0.25, 0.3) is 0 Å². The Morgan fingerprint density at radius 2 is 2.17 bits per heavy atom. The molecular weight excluding hydrogens is 314 g/mol. The lowest BCUT2D eigenvalue weighted by Gasteiger charge is -2.43. The lowest BCUT2D eigenvalue weighted by molar-refractivity contribution is -0.184. The van der Waals surface area contributed by atoms with Gasteiger partial charge in [0.1, 0.15) is 17.8 Å². The fraction of sp³-hybridized carbons (Fsp3) is 0.529. The van der Waals surface area contributed by atoms with Gasteiger partial charge in [0, 0.05) is 12.7 Å². The topological polar surface area (TPSA) is 85.3 Å². The zero-order valence-corrected chi connectivity index (χ0v) is 13.8. The number of benzene rings is 1. The number of carbonyl (C=O) groups excluding carboxylic acids is 1. The predicted octanol–water partition coefficient (Wildman–Crippen LogP) is 1.33. The molecule has 1 fully saturated rings. The second-order valence-corrected chi connectivity index (χ2v) is 6.29. The van der Waals surface area contributed by atoms with Crippen LogP contribution in [0.4, 0.5) is 0 Å². The third kappa shape index (κ3) is 2.74. The van der Waals surface area contributed by atoms with Crippen molar-refractivity contribution in [1.29, 1.82) is 0 Å². The van der Waals surface area contributed by atoms with E-state index in [4.69, 9.17) is 19.3 Å². The quantitative estimate of drug-likeness (QED) is 0.893. The Balaban J connectivity index is 1.89. The van der Waals surface area contributed by atoms with Gasteiger partial charge in [-0.3, -0.25) is 4.79 Å². The Bertz CT molecular complexity index is 654. The Morgan fingerprint density at radius 1 is 1.42 bits per heavy atom. The fourth-order valence-corrected chi connectivity index (χ4v) is 3.23. The highest BCUT2D eigenvalue weighted by Crippen LogP contribution is 2.37. The third-order valence-corrected chi connectivity index (χ3v) is 4.66. The summed E-state index contributed by atoms with van der Waals surface area (Å²) in [5.74, 6) is -0.498. The number of carboxylic acids is 1. The number of ether oxygens (including phenoxy) is 3. The number of rotatable bonds is 4. The maximum absolute atomic E-state index is 13.1. The minimum atomic E-state index is -1.00. The summed E-state index contributed by atoms with van der Waals surface area (Å²) in [5, 5.41) is 9.12. The third-order valence-electron chi connectivity index (χ3n) is 4.66. The van der Waals surface area contributed by atoms with Gasteiger partial charge in [0.2, 0.25) is 5.91 Å². The lowest BCUT2D eigenvalue weighted by atomic mass is 9.84. The van der Waals surface area contributed by atoms with Crippen molar-refractivity contribution in [3.63, 3.8) is 0 Å². The number of methoxy groups -OCH3 is 1. The van der Waals surface area contributed by atoms with Crippen molar-refractivity contribution in [2.24, 2.45) is 5.41 Å². The van der Waals surface area contributed by atoms with Crippen LogP contribution in [-0.4, -0.2) is 62.0 Å². The van der Waals surface area contributed by atoms with E-state index in [1.165, 1.54) is 12.1 Å². The molecule has 2 aliphatic heterocycles. The van der Waals surface area contributed by atoms with Crippen LogP contribution in [0.15, 0.2) is 18.2 Å². The molecule has 0 aliphatic carbocycles. The average Bonchev–Trinajstić information content (AvgIpc) is 2.69. The molecule has 3 rings (SSSR count). The van der Waals surface area contributed by atoms with Crippen molar-refractivity contribution in [2.45, 2.75) is 13.0 Å². The van der Waals surface area contributed by atoms with Gasteiger partial charge in [-0.15, -0.1) is 0 Å². The van der Waals surface area contributed by atoms with Crippen LogP contribution < -0.4 is 4.74 Å².